The van der Waals surface area contributed by atoms with Crippen molar-refractivity contribution >= 4 is 63.7 Å². The zero-order valence-corrected chi connectivity index (χ0v) is 18.2. The molecule has 1 aliphatic carbocycles. The van der Waals surface area contributed by atoms with E-state index in [1.807, 2.05) is 48.6 Å². The van der Waals surface area contributed by atoms with Gasteiger partial charge in [0.2, 0.25) is 0 Å². The average Bonchev–Trinajstić information content (AvgIpc) is 2.95. The molecule has 0 radical (unpaired) electrons. The molecule has 0 saturated heterocycles. The molecule has 0 saturated carbocycles. The van der Waals surface area contributed by atoms with Gasteiger partial charge in [-0.1, -0.05) is 12.1 Å². The Labute approximate surface area is 168 Å². The van der Waals surface area contributed by atoms with Gasteiger partial charge in [-0.3, -0.25) is 0 Å². The van der Waals surface area contributed by atoms with Gasteiger partial charge in [-0.2, -0.15) is 0 Å². The minimum absolute atomic E-state index is 0.0173. The first-order valence-electron chi connectivity index (χ1n) is 6.94. The van der Waals surface area contributed by atoms with Crippen LogP contribution in [0.5, 0.6) is 11.5 Å². The number of benzene rings is 2. The maximum Gasteiger partial charge on any atom is 0.148 e. The van der Waals surface area contributed by atoms with Crippen molar-refractivity contribution in [1.82, 2.24) is 0 Å². The van der Waals surface area contributed by atoms with Crippen molar-refractivity contribution in [3.05, 3.63) is 66.4 Å². The SMILES string of the molecule is Brc1cccc(Br)c1OC1C=CC(Oc2c(Br)cccc2Br)C1. The Balaban J connectivity index is 1.67. The van der Waals surface area contributed by atoms with Crippen LogP contribution in [0, 0.1) is 0 Å². The standard InChI is InChI=1S/C17H12Br4O2/c18-12-3-1-4-13(19)16(12)22-10-7-8-11(9-10)23-17-14(20)5-2-6-15(17)21/h1-8,10-11H,9H2. The summed E-state index contributed by atoms with van der Waals surface area (Å²) in [7, 11) is 0. The number of para-hydroxylation sites is 2. The van der Waals surface area contributed by atoms with E-state index in [0.29, 0.717) is 0 Å². The zero-order chi connectivity index (χ0) is 16.4. The van der Waals surface area contributed by atoms with E-state index in [0.717, 1.165) is 35.8 Å². The second kappa shape index (κ2) is 7.72. The molecule has 2 unspecified atom stereocenters. The lowest BCUT2D eigenvalue weighted by molar-refractivity contribution is 0.177. The Kier molecular flexibility index (Phi) is 5.88. The van der Waals surface area contributed by atoms with Crippen LogP contribution in [0.1, 0.15) is 6.42 Å². The summed E-state index contributed by atoms with van der Waals surface area (Å²) < 4.78 is 15.9. The molecule has 3 rings (SSSR count). The number of hydrogen-bond acceptors (Lipinski definition) is 2. The molecule has 0 aromatic heterocycles. The van der Waals surface area contributed by atoms with E-state index in [1.165, 1.54) is 0 Å². The summed E-state index contributed by atoms with van der Waals surface area (Å²) in [6.07, 6.45) is 4.82. The Morgan fingerprint density at radius 3 is 1.35 bits per heavy atom. The molecule has 0 fully saturated rings. The molecule has 2 atom stereocenters. The van der Waals surface area contributed by atoms with Gasteiger partial charge in [0.05, 0.1) is 17.9 Å². The molecule has 0 N–H and O–H groups in total. The molecular formula is C17H12Br4O2. The lowest BCUT2D eigenvalue weighted by atomic mass is 10.2. The normalized spacial score (nSPS) is 19.8. The van der Waals surface area contributed by atoms with Crippen LogP contribution in [0.25, 0.3) is 0 Å². The molecule has 2 aromatic carbocycles. The summed E-state index contributed by atoms with van der Waals surface area (Å²) in [6.45, 7) is 0. The largest absolute Gasteiger partial charge is 0.484 e. The van der Waals surface area contributed by atoms with E-state index in [2.05, 4.69) is 63.7 Å². The number of rotatable bonds is 4. The third-order valence-electron chi connectivity index (χ3n) is 3.38. The van der Waals surface area contributed by atoms with Crippen molar-refractivity contribution in [1.29, 1.82) is 0 Å². The van der Waals surface area contributed by atoms with E-state index in [-0.39, 0.29) is 12.2 Å². The van der Waals surface area contributed by atoms with E-state index in [4.69, 9.17) is 9.47 Å². The lowest BCUT2D eigenvalue weighted by Crippen LogP contribution is -2.19. The van der Waals surface area contributed by atoms with Crippen LogP contribution >= 0.6 is 63.7 Å². The molecule has 2 aromatic rings. The minimum Gasteiger partial charge on any atom is -0.484 e. The third-order valence-corrected chi connectivity index (χ3v) is 5.88. The van der Waals surface area contributed by atoms with E-state index < -0.39 is 0 Å². The summed E-state index contributed by atoms with van der Waals surface area (Å²) in [6, 6.07) is 11.8. The van der Waals surface area contributed by atoms with Crippen molar-refractivity contribution in [2.24, 2.45) is 0 Å². The quantitative estimate of drug-likeness (QED) is 0.375. The molecule has 0 heterocycles. The van der Waals surface area contributed by atoms with Crippen LogP contribution in [0.4, 0.5) is 0 Å². The summed E-state index contributed by atoms with van der Waals surface area (Å²) in [5, 5.41) is 0. The van der Waals surface area contributed by atoms with Crippen molar-refractivity contribution in [2.75, 3.05) is 0 Å². The highest BCUT2D eigenvalue weighted by atomic mass is 79.9. The third kappa shape index (κ3) is 4.21. The predicted octanol–water partition coefficient (Wildman–Crippen LogP) is 6.89. The van der Waals surface area contributed by atoms with Crippen LogP contribution in [0.15, 0.2) is 66.4 Å². The fourth-order valence-corrected chi connectivity index (χ4v) is 4.67. The van der Waals surface area contributed by atoms with Gasteiger partial charge in [-0.25, -0.2) is 0 Å². The molecule has 6 heteroatoms. The Morgan fingerprint density at radius 2 is 1.00 bits per heavy atom. The maximum absolute atomic E-state index is 6.08. The smallest absolute Gasteiger partial charge is 0.148 e. The lowest BCUT2D eigenvalue weighted by Gasteiger charge is -2.18. The molecule has 1 aliphatic rings. The van der Waals surface area contributed by atoms with Crippen LogP contribution < -0.4 is 9.47 Å². The van der Waals surface area contributed by atoms with Crippen LogP contribution in [0.3, 0.4) is 0 Å². The van der Waals surface area contributed by atoms with Gasteiger partial charge < -0.3 is 9.47 Å². The number of halogens is 4. The first kappa shape index (κ1) is 17.5. The molecular weight excluding hydrogens is 556 g/mol. The van der Waals surface area contributed by atoms with E-state index in [9.17, 15) is 0 Å². The molecule has 0 bridgehead atoms. The molecule has 120 valence electrons. The Hall–Kier alpha value is -0.300. The van der Waals surface area contributed by atoms with Crippen LogP contribution in [0.2, 0.25) is 0 Å². The highest BCUT2D eigenvalue weighted by Crippen LogP contribution is 2.37. The van der Waals surface area contributed by atoms with Gasteiger partial charge in [0.25, 0.3) is 0 Å². The fourth-order valence-electron chi connectivity index (χ4n) is 2.30. The predicted molar refractivity (Wildman–Crippen MR) is 106 cm³/mol. The van der Waals surface area contributed by atoms with Gasteiger partial charge >= 0.3 is 0 Å². The van der Waals surface area contributed by atoms with Crippen molar-refractivity contribution in [3.63, 3.8) is 0 Å². The number of hydrogen-bond donors (Lipinski definition) is 0. The molecule has 0 spiro atoms. The first-order valence-corrected chi connectivity index (χ1v) is 10.1. The van der Waals surface area contributed by atoms with E-state index >= 15 is 0 Å². The maximum atomic E-state index is 6.08. The monoisotopic (exact) mass is 564 g/mol. The molecule has 0 aliphatic heterocycles. The van der Waals surface area contributed by atoms with E-state index in [1.54, 1.807) is 0 Å². The van der Waals surface area contributed by atoms with Gasteiger partial charge in [0, 0.05) is 6.42 Å². The van der Waals surface area contributed by atoms with Gasteiger partial charge in [0.15, 0.2) is 0 Å². The number of ether oxygens (including phenoxy) is 2. The minimum atomic E-state index is -0.0173. The van der Waals surface area contributed by atoms with Gasteiger partial charge in [-0.05, 0) is 100 Å². The zero-order valence-electron chi connectivity index (χ0n) is 11.8. The molecule has 0 amide bonds. The van der Waals surface area contributed by atoms with Crippen molar-refractivity contribution in [2.45, 2.75) is 18.6 Å². The average molecular weight is 568 g/mol. The second-order valence-electron chi connectivity index (χ2n) is 5.03. The second-order valence-corrected chi connectivity index (χ2v) is 8.45. The van der Waals surface area contributed by atoms with Crippen LogP contribution in [-0.2, 0) is 0 Å². The van der Waals surface area contributed by atoms with Gasteiger partial charge in [-0.15, -0.1) is 0 Å². The highest BCUT2D eigenvalue weighted by molar-refractivity contribution is 9.11. The first-order chi connectivity index (χ1) is 11.0. The summed E-state index contributed by atoms with van der Waals surface area (Å²) in [5.41, 5.74) is 0. The fraction of sp³-hybridized carbons (Fsp3) is 0.176. The summed E-state index contributed by atoms with van der Waals surface area (Å²) in [5.74, 6) is 1.62. The topological polar surface area (TPSA) is 18.5 Å². The Morgan fingerprint density at radius 1 is 0.652 bits per heavy atom. The highest BCUT2D eigenvalue weighted by Gasteiger charge is 2.24. The summed E-state index contributed by atoms with van der Waals surface area (Å²) in [4.78, 5) is 0. The molecule has 23 heavy (non-hydrogen) atoms. The van der Waals surface area contributed by atoms with Crippen LogP contribution in [-0.4, -0.2) is 12.2 Å². The molecule has 2 nitrogen and oxygen atoms in total. The van der Waals surface area contributed by atoms with Gasteiger partial charge in [0.1, 0.15) is 23.7 Å². The van der Waals surface area contributed by atoms with Crippen molar-refractivity contribution in [3.8, 4) is 11.5 Å². The van der Waals surface area contributed by atoms with Crippen molar-refractivity contribution < 1.29 is 9.47 Å². The summed E-state index contributed by atoms with van der Waals surface area (Å²) >= 11 is 14.1. The Bertz CT molecular complexity index is 643.